The second kappa shape index (κ2) is 4.59. The van der Waals surface area contributed by atoms with Gasteiger partial charge >= 0.3 is 5.69 Å². The summed E-state index contributed by atoms with van der Waals surface area (Å²) in [6.07, 6.45) is 0. The van der Waals surface area contributed by atoms with Crippen molar-refractivity contribution in [2.75, 3.05) is 0 Å². The zero-order valence-corrected chi connectivity index (χ0v) is 11.5. The van der Waals surface area contributed by atoms with Gasteiger partial charge < -0.3 is 10.1 Å². The maximum Gasteiger partial charge on any atom is 0.326 e. The predicted octanol–water partition coefficient (Wildman–Crippen LogP) is 2.85. The van der Waals surface area contributed by atoms with E-state index in [-0.39, 0.29) is 11.4 Å². The van der Waals surface area contributed by atoms with Crippen LogP contribution in [0.1, 0.15) is 5.56 Å². The summed E-state index contributed by atoms with van der Waals surface area (Å²) >= 11 is 3.40. The van der Waals surface area contributed by atoms with Crippen LogP contribution in [0.4, 0.5) is 0 Å². The number of hydrogen-bond acceptors (Lipinski definition) is 2. The quantitative estimate of drug-likeness (QED) is 0.763. The van der Waals surface area contributed by atoms with Crippen LogP contribution in [-0.2, 0) is 6.54 Å². The molecule has 2 N–H and O–H groups in total. The standard InChI is InChI=1S/C14H11BrN2O2/c15-10-5-6-11-12(7-10)17(14(19)16-11)8-9-3-1-2-4-13(9)18/h1-7,18H,8H2,(H,16,19). The summed E-state index contributed by atoms with van der Waals surface area (Å²) in [7, 11) is 0. The van der Waals surface area contributed by atoms with Gasteiger partial charge in [0.05, 0.1) is 17.6 Å². The van der Waals surface area contributed by atoms with Crippen molar-refractivity contribution in [3.63, 3.8) is 0 Å². The van der Waals surface area contributed by atoms with E-state index in [1.54, 1.807) is 22.8 Å². The van der Waals surface area contributed by atoms with Crippen LogP contribution in [0, 0.1) is 0 Å². The summed E-state index contributed by atoms with van der Waals surface area (Å²) in [6, 6.07) is 12.6. The number of nitrogens with zero attached hydrogens (tertiary/aromatic N) is 1. The van der Waals surface area contributed by atoms with E-state index >= 15 is 0 Å². The normalized spacial score (nSPS) is 11.0. The van der Waals surface area contributed by atoms with Gasteiger partial charge in [0.1, 0.15) is 5.75 Å². The summed E-state index contributed by atoms with van der Waals surface area (Å²) in [5.74, 6) is 0.193. The highest BCUT2D eigenvalue weighted by Crippen LogP contribution is 2.21. The Balaban J connectivity index is 2.15. The number of phenolic OH excluding ortho intramolecular Hbond substituents is 1. The monoisotopic (exact) mass is 318 g/mol. The highest BCUT2D eigenvalue weighted by Gasteiger charge is 2.09. The van der Waals surface area contributed by atoms with Crippen LogP contribution in [0.25, 0.3) is 11.0 Å². The molecule has 0 bridgehead atoms. The molecular formula is C14H11BrN2O2. The van der Waals surface area contributed by atoms with Crippen LogP contribution in [0.2, 0.25) is 0 Å². The van der Waals surface area contributed by atoms with Crippen molar-refractivity contribution in [1.29, 1.82) is 0 Å². The topological polar surface area (TPSA) is 58.0 Å². The number of halogens is 1. The molecule has 0 saturated heterocycles. The van der Waals surface area contributed by atoms with Gasteiger partial charge in [0.15, 0.2) is 0 Å². The molecule has 0 spiro atoms. The Labute approximate surface area is 117 Å². The summed E-state index contributed by atoms with van der Waals surface area (Å²) in [6.45, 7) is 0.335. The average molecular weight is 319 g/mol. The van der Waals surface area contributed by atoms with E-state index in [2.05, 4.69) is 20.9 Å². The molecule has 4 nitrogen and oxygen atoms in total. The smallest absolute Gasteiger partial charge is 0.326 e. The SMILES string of the molecule is O=c1[nH]c2ccc(Br)cc2n1Cc1ccccc1O. The number of aromatic amines is 1. The molecule has 1 aromatic heterocycles. The third-order valence-corrected chi connectivity index (χ3v) is 3.55. The minimum atomic E-state index is -0.184. The summed E-state index contributed by atoms with van der Waals surface area (Å²) in [5, 5.41) is 9.79. The number of fused-ring (bicyclic) bond motifs is 1. The van der Waals surface area contributed by atoms with E-state index in [1.807, 2.05) is 24.3 Å². The largest absolute Gasteiger partial charge is 0.508 e. The minimum Gasteiger partial charge on any atom is -0.508 e. The second-order valence-corrected chi connectivity index (χ2v) is 5.22. The van der Waals surface area contributed by atoms with E-state index in [9.17, 15) is 9.90 Å². The van der Waals surface area contributed by atoms with Crippen LogP contribution in [0.15, 0.2) is 51.7 Å². The lowest BCUT2D eigenvalue weighted by molar-refractivity contribution is 0.466. The maximum absolute atomic E-state index is 12.0. The third-order valence-electron chi connectivity index (χ3n) is 3.06. The van der Waals surface area contributed by atoms with Gasteiger partial charge in [0.25, 0.3) is 0 Å². The molecule has 2 aromatic carbocycles. The molecule has 1 heterocycles. The van der Waals surface area contributed by atoms with Crippen molar-refractivity contribution in [1.82, 2.24) is 9.55 Å². The first kappa shape index (κ1) is 12.0. The molecule has 3 rings (SSSR count). The zero-order valence-electron chi connectivity index (χ0n) is 9.93. The molecule has 3 aromatic rings. The zero-order chi connectivity index (χ0) is 13.4. The summed E-state index contributed by atoms with van der Waals surface area (Å²) in [4.78, 5) is 14.8. The van der Waals surface area contributed by atoms with Crippen LogP contribution in [0.5, 0.6) is 5.75 Å². The molecule has 0 amide bonds. The number of para-hydroxylation sites is 1. The first-order valence-corrected chi connectivity index (χ1v) is 6.59. The highest BCUT2D eigenvalue weighted by molar-refractivity contribution is 9.10. The lowest BCUT2D eigenvalue weighted by Crippen LogP contribution is -2.17. The Morgan fingerprint density at radius 1 is 1.21 bits per heavy atom. The molecule has 0 fully saturated rings. The number of nitrogens with one attached hydrogen (secondary N) is 1. The van der Waals surface area contributed by atoms with Gasteiger partial charge in [-0.05, 0) is 24.3 Å². The molecule has 0 aliphatic rings. The van der Waals surface area contributed by atoms with E-state index in [0.717, 1.165) is 15.5 Å². The third kappa shape index (κ3) is 2.17. The van der Waals surface area contributed by atoms with Crippen molar-refractivity contribution < 1.29 is 5.11 Å². The lowest BCUT2D eigenvalue weighted by Gasteiger charge is -2.06. The van der Waals surface area contributed by atoms with Crippen molar-refractivity contribution in [2.45, 2.75) is 6.54 Å². The van der Waals surface area contributed by atoms with Crippen LogP contribution < -0.4 is 5.69 Å². The van der Waals surface area contributed by atoms with Gasteiger partial charge in [0, 0.05) is 10.0 Å². The molecule has 96 valence electrons. The number of phenols is 1. The van der Waals surface area contributed by atoms with Crippen molar-refractivity contribution in [3.8, 4) is 5.75 Å². The maximum atomic E-state index is 12.0. The molecule has 0 saturated carbocycles. The van der Waals surface area contributed by atoms with Gasteiger partial charge in [-0.3, -0.25) is 4.57 Å². The molecule has 0 aliphatic heterocycles. The molecule has 5 heteroatoms. The van der Waals surface area contributed by atoms with E-state index in [0.29, 0.717) is 12.1 Å². The van der Waals surface area contributed by atoms with E-state index in [1.165, 1.54) is 0 Å². The Morgan fingerprint density at radius 3 is 2.79 bits per heavy atom. The van der Waals surface area contributed by atoms with Crippen LogP contribution in [-0.4, -0.2) is 14.7 Å². The molecule has 0 aliphatic carbocycles. The molecule has 0 radical (unpaired) electrons. The fourth-order valence-corrected chi connectivity index (χ4v) is 2.45. The Morgan fingerprint density at radius 2 is 2.00 bits per heavy atom. The Hall–Kier alpha value is -2.01. The van der Waals surface area contributed by atoms with Crippen LogP contribution in [0.3, 0.4) is 0 Å². The van der Waals surface area contributed by atoms with Gasteiger partial charge in [-0.15, -0.1) is 0 Å². The first-order chi connectivity index (χ1) is 9.15. The van der Waals surface area contributed by atoms with Gasteiger partial charge in [-0.2, -0.15) is 0 Å². The number of H-pyrrole nitrogens is 1. The fourth-order valence-electron chi connectivity index (χ4n) is 2.10. The average Bonchev–Trinajstić information content (AvgIpc) is 2.69. The predicted molar refractivity (Wildman–Crippen MR) is 77.5 cm³/mol. The van der Waals surface area contributed by atoms with E-state index < -0.39 is 0 Å². The number of rotatable bonds is 2. The lowest BCUT2D eigenvalue weighted by atomic mass is 10.2. The van der Waals surface area contributed by atoms with Crippen molar-refractivity contribution >= 4 is 27.0 Å². The molecule has 0 atom stereocenters. The summed E-state index contributed by atoms with van der Waals surface area (Å²) in [5.41, 5.74) is 2.12. The van der Waals surface area contributed by atoms with E-state index in [4.69, 9.17) is 0 Å². The summed E-state index contributed by atoms with van der Waals surface area (Å²) < 4.78 is 2.51. The van der Waals surface area contributed by atoms with Gasteiger partial charge in [0.2, 0.25) is 0 Å². The number of hydrogen-bond donors (Lipinski definition) is 2. The second-order valence-electron chi connectivity index (χ2n) is 4.31. The Bertz CT molecular complexity index is 805. The molecule has 19 heavy (non-hydrogen) atoms. The van der Waals surface area contributed by atoms with Crippen molar-refractivity contribution in [3.05, 3.63) is 63.0 Å². The molecule has 0 unspecified atom stereocenters. The first-order valence-electron chi connectivity index (χ1n) is 5.80. The minimum absolute atomic E-state index is 0.184. The Kier molecular flexibility index (Phi) is 2.91. The van der Waals surface area contributed by atoms with Gasteiger partial charge in [-0.1, -0.05) is 34.1 Å². The number of benzene rings is 2. The fraction of sp³-hybridized carbons (Fsp3) is 0.0714. The highest BCUT2D eigenvalue weighted by atomic mass is 79.9. The molecular weight excluding hydrogens is 308 g/mol. The van der Waals surface area contributed by atoms with Crippen molar-refractivity contribution in [2.24, 2.45) is 0 Å². The number of aromatic nitrogens is 2. The number of imidazole rings is 1. The van der Waals surface area contributed by atoms with Crippen LogP contribution >= 0.6 is 15.9 Å². The number of aromatic hydroxyl groups is 1. The van der Waals surface area contributed by atoms with Gasteiger partial charge in [-0.25, -0.2) is 4.79 Å².